The minimum absolute atomic E-state index is 0.333. The normalized spacial score (nSPS) is 10.1. The summed E-state index contributed by atoms with van der Waals surface area (Å²) < 4.78 is 10.0. The van der Waals surface area contributed by atoms with Gasteiger partial charge in [0.1, 0.15) is 5.75 Å². The van der Waals surface area contributed by atoms with Gasteiger partial charge in [-0.3, -0.25) is 0 Å². The van der Waals surface area contributed by atoms with Crippen LogP contribution in [0.5, 0.6) is 5.75 Å². The van der Waals surface area contributed by atoms with E-state index in [1.807, 2.05) is 31.2 Å². The molecule has 0 aliphatic heterocycles. The number of benzene rings is 1. The molecule has 0 saturated heterocycles. The van der Waals surface area contributed by atoms with Crippen molar-refractivity contribution in [3.8, 4) is 5.75 Å². The standard InChI is InChI=1S/C10H10N2O2/c1-8-3-2-4-9(5-8)13-6-10-11-7-14-12-10/h2-5,7H,6H2,1H3. The molecule has 0 spiro atoms. The molecular weight excluding hydrogens is 180 g/mol. The summed E-state index contributed by atoms with van der Waals surface area (Å²) in [4.78, 5) is 3.85. The molecule has 0 atom stereocenters. The highest BCUT2D eigenvalue weighted by atomic mass is 16.5. The van der Waals surface area contributed by atoms with Gasteiger partial charge in [0, 0.05) is 0 Å². The first kappa shape index (κ1) is 8.74. The van der Waals surface area contributed by atoms with Crippen LogP contribution in [0.2, 0.25) is 0 Å². The fraction of sp³-hybridized carbons (Fsp3) is 0.200. The second-order valence-corrected chi connectivity index (χ2v) is 2.95. The summed E-state index contributed by atoms with van der Waals surface area (Å²) in [7, 11) is 0. The van der Waals surface area contributed by atoms with Crippen molar-refractivity contribution in [1.82, 2.24) is 10.1 Å². The number of aryl methyl sites for hydroxylation is 1. The van der Waals surface area contributed by atoms with E-state index < -0.39 is 0 Å². The number of rotatable bonds is 3. The lowest BCUT2D eigenvalue weighted by atomic mass is 10.2. The van der Waals surface area contributed by atoms with Crippen LogP contribution >= 0.6 is 0 Å². The molecule has 0 aliphatic carbocycles. The minimum atomic E-state index is 0.333. The van der Waals surface area contributed by atoms with Crippen molar-refractivity contribution >= 4 is 0 Å². The summed E-state index contributed by atoms with van der Waals surface area (Å²) in [5.41, 5.74) is 1.16. The maximum atomic E-state index is 5.45. The zero-order valence-corrected chi connectivity index (χ0v) is 7.80. The summed E-state index contributed by atoms with van der Waals surface area (Å²) in [6.45, 7) is 2.35. The second-order valence-electron chi connectivity index (χ2n) is 2.95. The lowest BCUT2D eigenvalue weighted by Crippen LogP contribution is -1.97. The minimum Gasteiger partial charge on any atom is -0.485 e. The molecule has 1 aromatic carbocycles. The Bertz CT molecular complexity index is 398. The number of aromatic nitrogens is 2. The molecule has 1 aromatic heterocycles. The van der Waals surface area contributed by atoms with E-state index in [9.17, 15) is 0 Å². The molecule has 0 aliphatic rings. The van der Waals surface area contributed by atoms with Crippen LogP contribution in [0.1, 0.15) is 11.4 Å². The molecule has 4 nitrogen and oxygen atoms in total. The van der Waals surface area contributed by atoms with E-state index in [2.05, 4.69) is 14.7 Å². The zero-order chi connectivity index (χ0) is 9.80. The first-order valence-electron chi connectivity index (χ1n) is 4.29. The van der Waals surface area contributed by atoms with Crippen molar-refractivity contribution in [3.05, 3.63) is 42.0 Å². The van der Waals surface area contributed by atoms with Gasteiger partial charge < -0.3 is 9.26 Å². The topological polar surface area (TPSA) is 48.2 Å². The van der Waals surface area contributed by atoms with Crippen LogP contribution in [0.15, 0.2) is 35.2 Å². The van der Waals surface area contributed by atoms with Crippen LogP contribution in [0.4, 0.5) is 0 Å². The van der Waals surface area contributed by atoms with E-state index in [0.29, 0.717) is 12.4 Å². The van der Waals surface area contributed by atoms with Gasteiger partial charge in [-0.1, -0.05) is 17.3 Å². The molecule has 0 saturated carbocycles. The fourth-order valence-corrected chi connectivity index (χ4v) is 1.11. The third-order valence-electron chi connectivity index (χ3n) is 1.76. The largest absolute Gasteiger partial charge is 0.485 e. The molecule has 0 unspecified atom stereocenters. The zero-order valence-electron chi connectivity index (χ0n) is 7.80. The van der Waals surface area contributed by atoms with Gasteiger partial charge in [-0.15, -0.1) is 0 Å². The third kappa shape index (κ3) is 2.10. The highest BCUT2D eigenvalue weighted by Gasteiger charge is 1.99. The number of ether oxygens (including phenoxy) is 1. The van der Waals surface area contributed by atoms with Crippen molar-refractivity contribution < 1.29 is 9.26 Å². The monoisotopic (exact) mass is 190 g/mol. The van der Waals surface area contributed by atoms with Crippen LogP contribution in [0.25, 0.3) is 0 Å². The molecule has 0 N–H and O–H groups in total. The number of hydrogen-bond donors (Lipinski definition) is 0. The molecule has 2 rings (SSSR count). The average Bonchev–Trinajstić information content (AvgIpc) is 2.67. The number of nitrogens with zero attached hydrogens (tertiary/aromatic N) is 2. The molecule has 0 fully saturated rings. The summed E-state index contributed by atoms with van der Waals surface area (Å²) in [5, 5.41) is 3.64. The Labute approximate surface area is 81.5 Å². The predicted octanol–water partition coefficient (Wildman–Crippen LogP) is 1.96. The van der Waals surface area contributed by atoms with Gasteiger partial charge in [0.2, 0.25) is 12.2 Å². The van der Waals surface area contributed by atoms with Gasteiger partial charge in [0.25, 0.3) is 0 Å². The Hall–Kier alpha value is -1.84. The molecule has 4 heteroatoms. The molecule has 14 heavy (non-hydrogen) atoms. The summed E-state index contributed by atoms with van der Waals surface area (Å²) >= 11 is 0. The van der Waals surface area contributed by atoms with E-state index in [-0.39, 0.29) is 0 Å². The van der Waals surface area contributed by atoms with Gasteiger partial charge >= 0.3 is 0 Å². The molecule has 2 aromatic rings. The smallest absolute Gasteiger partial charge is 0.213 e. The van der Waals surface area contributed by atoms with Crippen molar-refractivity contribution in [3.63, 3.8) is 0 Å². The SMILES string of the molecule is Cc1cccc(OCc2ncon2)c1. The first-order valence-corrected chi connectivity index (χ1v) is 4.29. The molecule has 0 bridgehead atoms. The van der Waals surface area contributed by atoms with Gasteiger partial charge in [0.15, 0.2) is 6.61 Å². The van der Waals surface area contributed by atoms with Gasteiger partial charge in [-0.2, -0.15) is 4.98 Å². The van der Waals surface area contributed by atoms with Crippen LogP contribution < -0.4 is 4.74 Å². The maximum absolute atomic E-state index is 5.45. The Morgan fingerprint density at radius 2 is 2.36 bits per heavy atom. The van der Waals surface area contributed by atoms with E-state index in [0.717, 1.165) is 11.3 Å². The van der Waals surface area contributed by atoms with Crippen molar-refractivity contribution in [1.29, 1.82) is 0 Å². The van der Waals surface area contributed by atoms with E-state index in [1.165, 1.54) is 6.39 Å². The van der Waals surface area contributed by atoms with E-state index in [1.54, 1.807) is 0 Å². The molecule has 0 radical (unpaired) electrons. The molecular formula is C10H10N2O2. The van der Waals surface area contributed by atoms with Gasteiger partial charge in [0.05, 0.1) is 0 Å². The molecule has 1 heterocycles. The Morgan fingerprint density at radius 3 is 3.07 bits per heavy atom. The van der Waals surface area contributed by atoms with Crippen molar-refractivity contribution in [2.24, 2.45) is 0 Å². The number of hydrogen-bond acceptors (Lipinski definition) is 4. The summed E-state index contributed by atoms with van der Waals surface area (Å²) in [6, 6.07) is 7.81. The second kappa shape index (κ2) is 3.91. The van der Waals surface area contributed by atoms with Crippen LogP contribution in [0, 0.1) is 6.92 Å². The van der Waals surface area contributed by atoms with Gasteiger partial charge in [-0.25, -0.2) is 0 Å². The summed E-state index contributed by atoms with van der Waals surface area (Å²) in [6.07, 6.45) is 1.29. The molecule has 0 amide bonds. The Balaban J connectivity index is 1.98. The Morgan fingerprint density at radius 1 is 1.43 bits per heavy atom. The van der Waals surface area contributed by atoms with Gasteiger partial charge in [-0.05, 0) is 24.6 Å². The average molecular weight is 190 g/mol. The molecule has 72 valence electrons. The van der Waals surface area contributed by atoms with Crippen LogP contribution in [0.3, 0.4) is 0 Å². The fourth-order valence-electron chi connectivity index (χ4n) is 1.11. The van der Waals surface area contributed by atoms with Crippen LogP contribution in [-0.4, -0.2) is 10.1 Å². The van der Waals surface area contributed by atoms with Crippen molar-refractivity contribution in [2.45, 2.75) is 13.5 Å². The summed E-state index contributed by atoms with van der Waals surface area (Å²) in [5.74, 6) is 1.36. The highest BCUT2D eigenvalue weighted by Crippen LogP contribution is 2.13. The van der Waals surface area contributed by atoms with E-state index >= 15 is 0 Å². The third-order valence-corrected chi connectivity index (χ3v) is 1.76. The lowest BCUT2D eigenvalue weighted by molar-refractivity contribution is 0.286. The van der Waals surface area contributed by atoms with E-state index in [4.69, 9.17) is 4.74 Å². The highest BCUT2D eigenvalue weighted by molar-refractivity contribution is 5.27. The Kier molecular flexibility index (Phi) is 2.44. The quantitative estimate of drug-likeness (QED) is 0.742. The predicted molar refractivity (Wildman–Crippen MR) is 49.8 cm³/mol. The first-order chi connectivity index (χ1) is 6.84. The van der Waals surface area contributed by atoms with Crippen LogP contribution in [-0.2, 0) is 6.61 Å². The van der Waals surface area contributed by atoms with Crippen molar-refractivity contribution in [2.75, 3.05) is 0 Å². The maximum Gasteiger partial charge on any atom is 0.213 e. The lowest BCUT2D eigenvalue weighted by Gasteiger charge is -2.03.